The number of carbonyl (C=O) groups excluding carboxylic acids is 3. The van der Waals surface area contributed by atoms with Crippen molar-refractivity contribution in [3.05, 3.63) is 49.1 Å². The van der Waals surface area contributed by atoms with Gasteiger partial charge in [-0.15, -0.1) is 0 Å². The maximum absolute atomic E-state index is 12.4. The van der Waals surface area contributed by atoms with Gasteiger partial charge in [-0.25, -0.2) is 9.88 Å². The number of nitrogens with one attached hydrogen (secondary N) is 1. The van der Waals surface area contributed by atoms with Crippen LogP contribution in [0.4, 0.5) is 10.5 Å². The molecule has 130 valence electrons. The summed E-state index contributed by atoms with van der Waals surface area (Å²) in [5.41, 5.74) is 0.535. The van der Waals surface area contributed by atoms with Crippen LogP contribution in [0.1, 0.15) is 12.8 Å². The molecule has 1 aliphatic heterocycles. The van der Waals surface area contributed by atoms with Crippen molar-refractivity contribution in [2.75, 3.05) is 11.4 Å². The Balaban J connectivity index is 1.47. The molecule has 3 amide bonds. The minimum Gasteiger partial charge on any atom is -0.356 e. The molecule has 8 heteroatoms. The Bertz CT molecular complexity index is 749. The number of aryl methyl sites for hydroxylation is 1. The summed E-state index contributed by atoms with van der Waals surface area (Å²) in [6.45, 7) is 1.27. The van der Waals surface area contributed by atoms with Crippen LogP contribution in [0.5, 0.6) is 0 Å². The van der Waals surface area contributed by atoms with Gasteiger partial charge in [-0.2, -0.15) is 0 Å². The molecule has 0 aliphatic carbocycles. The van der Waals surface area contributed by atoms with Crippen LogP contribution in [0, 0.1) is 0 Å². The van der Waals surface area contributed by atoms with Crippen molar-refractivity contribution in [2.24, 2.45) is 0 Å². The Morgan fingerprint density at radius 3 is 2.76 bits per heavy atom. The summed E-state index contributed by atoms with van der Waals surface area (Å²) >= 11 is 0.906. The van der Waals surface area contributed by atoms with Gasteiger partial charge in [-0.05, 0) is 30.3 Å². The fourth-order valence-electron chi connectivity index (χ4n) is 2.55. The molecule has 25 heavy (non-hydrogen) atoms. The fourth-order valence-corrected chi connectivity index (χ4v) is 3.53. The third kappa shape index (κ3) is 4.27. The number of carbonyl (C=O) groups is 3. The van der Waals surface area contributed by atoms with Crippen LogP contribution < -0.4 is 10.2 Å². The molecule has 3 rings (SSSR count). The summed E-state index contributed by atoms with van der Waals surface area (Å²) in [4.78, 5) is 41.6. The lowest BCUT2D eigenvalue weighted by molar-refractivity contribution is -0.124. The van der Waals surface area contributed by atoms with Crippen molar-refractivity contribution in [1.82, 2.24) is 14.9 Å². The predicted molar refractivity (Wildman–Crippen MR) is 95.2 cm³/mol. The molecule has 1 aromatic carbocycles. The predicted octanol–water partition coefficient (Wildman–Crippen LogP) is 2.05. The number of benzene rings is 1. The number of para-hydroxylation sites is 1. The highest BCUT2D eigenvalue weighted by Crippen LogP contribution is 2.33. The highest BCUT2D eigenvalue weighted by atomic mass is 32.2. The minimum atomic E-state index is -0.665. The summed E-state index contributed by atoms with van der Waals surface area (Å²) in [6, 6.07) is 8.75. The molecule has 1 fully saturated rings. The van der Waals surface area contributed by atoms with Crippen molar-refractivity contribution >= 4 is 34.5 Å². The number of hydrogen-bond acceptors (Lipinski definition) is 5. The Morgan fingerprint density at radius 1 is 1.24 bits per heavy atom. The first-order valence-electron chi connectivity index (χ1n) is 7.97. The van der Waals surface area contributed by atoms with Crippen molar-refractivity contribution < 1.29 is 14.4 Å². The molecule has 0 bridgehead atoms. The van der Waals surface area contributed by atoms with Crippen molar-refractivity contribution in [1.29, 1.82) is 0 Å². The summed E-state index contributed by atoms with van der Waals surface area (Å²) in [6.07, 6.45) is 6.06. The van der Waals surface area contributed by atoms with Gasteiger partial charge in [0.1, 0.15) is 5.25 Å². The topological polar surface area (TPSA) is 84.3 Å². The molecule has 1 N–H and O–H groups in total. The minimum absolute atomic E-state index is 0.00362. The molecule has 0 saturated carbocycles. The normalized spacial score (nSPS) is 17.1. The van der Waals surface area contributed by atoms with Crippen LogP contribution in [-0.4, -0.2) is 38.4 Å². The van der Waals surface area contributed by atoms with Gasteiger partial charge in [0, 0.05) is 31.9 Å². The molecule has 2 aromatic rings. The van der Waals surface area contributed by atoms with E-state index in [1.165, 1.54) is 0 Å². The van der Waals surface area contributed by atoms with E-state index in [2.05, 4.69) is 10.3 Å². The van der Waals surface area contributed by atoms with Gasteiger partial charge in [0.25, 0.3) is 5.24 Å². The van der Waals surface area contributed by atoms with Crippen LogP contribution in [0.25, 0.3) is 0 Å². The number of amides is 3. The molecule has 2 heterocycles. The number of nitrogens with zero attached hydrogens (tertiary/aromatic N) is 3. The van der Waals surface area contributed by atoms with E-state index < -0.39 is 5.25 Å². The Kier molecular flexibility index (Phi) is 5.49. The van der Waals surface area contributed by atoms with E-state index in [1.54, 1.807) is 36.8 Å². The average Bonchev–Trinajstić information content (AvgIpc) is 3.21. The first-order chi connectivity index (χ1) is 12.1. The van der Waals surface area contributed by atoms with Gasteiger partial charge in [-0.3, -0.25) is 14.4 Å². The van der Waals surface area contributed by atoms with Crippen molar-refractivity contribution in [3.63, 3.8) is 0 Å². The van der Waals surface area contributed by atoms with E-state index >= 15 is 0 Å². The van der Waals surface area contributed by atoms with Crippen LogP contribution in [0.2, 0.25) is 0 Å². The smallest absolute Gasteiger partial charge is 0.293 e. The van der Waals surface area contributed by atoms with Gasteiger partial charge in [-0.1, -0.05) is 18.2 Å². The number of thioether (sulfide) groups is 1. The monoisotopic (exact) mass is 358 g/mol. The summed E-state index contributed by atoms with van der Waals surface area (Å²) in [5.74, 6) is -0.561. The Hall–Kier alpha value is -2.61. The number of imide groups is 1. The Morgan fingerprint density at radius 2 is 2.04 bits per heavy atom. The van der Waals surface area contributed by atoms with Gasteiger partial charge in [0.15, 0.2) is 0 Å². The molecular weight excluding hydrogens is 340 g/mol. The molecule has 0 radical (unpaired) electrons. The van der Waals surface area contributed by atoms with Gasteiger partial charge >= 0.3 is 0 Å². The number of anilines is 1. The second-order valence-electron chi connectivity index (χ2n) is 5.59. The molecule has 1 aliphatic rings. The summed E-state index contributed by atoms with van der Waals surface area (Å²) < 4.78 is 1.93. The van der Waals surface area contributed by atoms with Gasteiger partial charge in [0.2, 0.25) is 11.8 Å². The highest BCUT2D eigenvalue weighted by molar-refractivity contribution is 8.15. The van der Waals surface area contributed by atoms with Crippen LogP contribution in [-0.2, 0) is 16.1 Å². The maximum atomic E-state index is 12.4. The average molecular weight is 358 g/mol. The number of aromatic nitrogens is 2. The lowest BCUT2D eigenvalue weighted by Crippen LogP contribution is -2.34. The van der Waals surface area contributed by atoms with E-state index in [1.807, 2.05) is 16.8 Å². The quantitative estimate of drug-likeness (QED) is 0.766. The summed E-state index contributed by atoms with van der Waals surface area (Å²) in [5, 5.41) is 1.79. The standard InChI is InChI=1S/C17H18N4O3S/c22-15(19-7-4-9-20-10-8-18-12-20)11-14-16(23)21(17(24)25-14)13-5-2-1-3-6-13/h1-3,5-6,8,10,12,14H,4,7,9,11H2,(H,19,22). The van der Waals surface area contributed by atoms with Crippen LogP contribution in [0.15, 0.2) is 49.1 Å². The second-order valence-corrected chi connectivity index (χ2v) is 6.74. The van der Waals surface area contributed by atoms with Gasteiger partial charge < -0.3 is 9.88 Å². The van der Waals surface area contributed by atoms with E-state index in [0.717, 1.165) is 29.6 Å². The molecule has 1 aromatic heterocycles. The number of hydrogen-bond donors (Lipinski definition) is 1. The van der Waals surface area contributed by atoms with E-state index in [9.17, 15) is 14.4 Å². The van der Waals surface area contributed by atoms with E-state index in [4.69, 9.17) is 0 Å². The molecule has 1 atom stereocenters. The first kappa shape index (κ1) is 17.2. The zero-order valence-electron chi connectivity index (χ0n) is 13.5. The lowest BCUT2D eigenvalue weighted by Gasteiger charge is -2.13. The van der Waals surface area contributed by atoms with Crippen molar-refractivity contribution in [3.8, 4) is 0 Å². The zero-order valence-corrected chi connectivity index (χ0v) is 14.3. The third-order valence-electron chi connectivity index (χ3n) is 3.78. The summed E-state index contributed by atoms with van der Waals surface area (Å²) in [7, 11) is 0. The highest BCUT2D eigenvalue weighted by Gasteiger charge is 2.41. The zero-order chi connectivity index (χ0) is 17.6. The van der Waals surface area contributed by atoms with Gasteiger partial charge in [0.05, 0.1) is 12.0 Å². The van der Waals surface area contributed by atoms with E-state index in [-0.39, 0.29) is 23.5 Å². The molecule has 1 saturated heterocycles. The molecule has 7 nitrogen and oxygen atoms in total. The van der Waals surface area contributed by atoms with Crippen molar-refractivity contribution in [2.45, 2.75) is 24.6 Å². The first-order valence-corrected chi connectivity index (χ1v) is 8.85. The maximum Gasteiger partial charge on any atom is 0.293 e. The lowest BCUT2D eigenvalue weighted by atomic mass is 10.2. The van der Waals surface area contributed by atoms with E-state index in [0.29, 0.717) is 12.2 Å². The number of imidazole rings is 1. The largest absolute Gasteiger partial charge is 0.356 e. The molecular formula is C17H18N4O3S. The SMILES string of the molecule is O=C(CC1SC(=O)N(c2ccccc2)C1=O)NCCCn1ccnc1. The number of rotatable bonds is 7. The third-order valence-corrected chi connectivity index (χ3v) is 4.82. The van der Waals surface area contributed by atoms with Crippen LogP contribution >= 0.6 is 11.8 Å². The fraction of sp³-hybridized carbons (Fsp3) is 0.294. The molecule has 1 unspecified atom stereocenters. The second kappa shape index (κ2) is 7.98. The van der Waals surface area contributed by atoms with Crippen LogP contribution in [0.3, 0.4) is 0 Å². The Labute approximate surface area is 149 Å². The molecule has 0 spiro atoms.